The third-order valence-electron chi connectivity index (χ3n) is 3.60. The van der Waals surface area contributed by atoms with Gasteiger partial charge in [-0.1, -0.05) is 20.8 Å². The van der Waals surface area contributed by atoms with E-state index in [0.29, 0.717) is 16.5 Å². The summed E-state index contributed by atoms with van der Waals surface area (Å²) in [4.78, 5) is 3.99. The Morgan fingerprint density at radius 3 is 2.47 bits per heavy atom. The van der Waals surface area contributed by atoms with Gasteiger partial charge in [-0.15, -0.1) is 11.3 Å². The molecule has 1 saturated heterocycles. The van der Waals surface area contributed by atoms with Crippen molar-refractivity contribution in [1.82, 2.24) is 4.90 Å². The summed E-state index contributed by atoms with van der Waals surface area (Å²) >= 11 is 7.49. The Hall–Kier alpha value is 0.450. The maximum atomic E-state index is 6.42. The first-order valence-electron chi connectivity index (χ1n) is 6.91. The van der Waals surface area contributed by atoms with Crippen LogP contribution in [0.4, 0.5) is 0 Å². The number of thiophene rings is 1. The predicted octanol–water partition coefficient (Wildman–Crippen LogP) is 4.11. The van der Waals surface area contributed by atoms with E-state index in [4.69, 9.17) is 5.73 Å². The quantitative estimate of drug-likeness (QED) is 0.873. The van der Waals surface area contributed by atoms with Crippen LogP contribution in [0, 0.1) is 0 Å². The highest BCUT2D eigenvalue weighted by Gasteiger charge is 2.32. The average Bonchev–Trinajstić information content (AvgIpc) is 2.74. The van der Waals surface area contributed by atoms with Gasteiger partial charge in [0.15, 0.2) is 0 Å². The first-order valence-corrected chi connectivity index (χ1v) is 9.46. The van der Waals surface area contributed by atoms with Crippen LogP contribution in [0.25, 0.3) is 0 Å². The molecule has 19 heavy (non-hydrogen) atoms. The van der Waals surface area contributed by atoms with Crippen molar-refractivity contribution in [3.05, 3.63) is 20.8 Å². The summed E-state index contributed by atoms with van der Waals surface area (Å²) in [5, 5.41) is 1.39. The lowest BCUT2D eigenvalue weighted by Crippen LogP contribution is -2.48. The van der Waals surface area contributed by atoms with Crippen molar-refractivity contribution in [2.45, 2.75) is 49.8 Å². The second-order valence-electron chi connectivity index (χ2n) is 5.37. The van der Waals surface area contributed by atoms with Gasteiger partial charge in [-0.25, -0.2) is 0 Å². The van der Waals surface area contributed by atoms with Gasteiger partial charge in [0, 0.05) is 34.5 Å². The molecule has 0 bridgehead atoms. The fourth-order valence-corrected chi connectivity index (χ4v) is 5.80. The minimum atomic E-state index is 0.216. The SMILES string of the molecule is CCC(N)C(c1ccc(Br)s1)N1CC(C)SC(C)C1. The summed E-state index contributed by atoms with van der Waals surface area (Å²) in [6.07, 6.45) is 1.02. The van der Waals surface area contributed by atoms with Gasteiger partial charge in [0.2, 0.25) is 0 Å². The van der Waals surface area contributed by atoms with Crippen molar-refractivity contribution in [1.29, 1.82) is 0 Å². The molecule has 0 amide bonds. The zero-order valence-electron chi connectivity index (χ0n) is 11.8. The summed E-state index contributed by atoms with van der Waals surface area (Å²) in [5.41, 5.74) is 6.42. The Balaban J connectivity index is 2.22. The molecule has 4 unspecified atom stereocenters. The van der Waals surface area contributed by atoms with E-state index in [0.717, 1.165) is 19.5 Å². The first-order chi connectivity index (χ1) is 9.01. The molecule has 0 radical (unpaired) electrons. The molecule has 5 heteroatoms. The van der Waals surface area contributed by atoms with Crippen molar-refractivity contribution in [2.75, 3.05) is 13.1 Å². The van der Waals surface area contributed by atoms with Crippen LogP contribution < -0.4 is 5.73 Å². The fraction of sp³-hybridized carbons (Fsp3) is 0.714. The van der Waals surface area contributed by atoms with E-state index in [1.807, 2.05) is 11.3 Å². The lowest BCUT2D eigenvalue weighted by molar-refractivity contribution is 0.170. The number of nitrogens with two attached hydrogens (primary N) is 1. The lowest BCUT2D eigenvalue weighted by Gasteiger charge is -2.41. The summed E-state index contributed by atoms with van der Waals surface area (Å²) < 4.78 is 1.20. The van der Waals surface area contributed by atoms with Gasteiger partial charge >= 0.3 is 0 Å². The number of rotatable bonds is 4. The van der Waals surface area contributed by atoms with Gasteiger partial charge in [-0.05, 0) is 34.5 Å². The van der Waals surface area contributed by atoms with E-state index in [9.17, 15) is 0 Å². The molecule has 2 nitrogen and oxygen atoms in total. The molecular weight excluding hydrogens is 340 g/mol. The number of nitrogens with zero attached hydrogens (tertiary/aromatic N) is 1. The minimum absolute atomic E-state index is 0.216. The monoisotopic (exact) mass is 362 g/mol. The maximum absolute atomic E-state index is 6.42. The van der Waals surface area contributed by atoms with E-state index < -0.39 is 0 Å². The molecule has 0 spiro atoms. The Bertz CT molecular complexity index is 400. The number of hydrogen-bond donors (Lipinski definition) is 1. The third kappa shape index (κ3) is 3.97. The lowest BCUT2D eigenvalue weighted by atomic mass is 10.0. The molecule has 1 fully saturated rings. The molecule has 1 aliphatic heterocycles. The summed E-state index contributed by atoms with van der Waals surface area (Å²) in [6.45, 7) is 9.12. The fourth-order valence-electron chi connectivity index (χ4n) is 2.82. The minimum Gasteiger partial charge on any atom is -0.326 e. The van der Waals surface area contributed by atoms with Crippen molar-refractivity contribution >= 4 is 39.0 Å². The molecule has 108 valence electrons. The normalized spacial score (nSPS) is 28.3. The summed E-state index contributed by atoms with van der Waals surface area (Å²) in [7, 11) is 0. The third-order valence-corrected chi connectivity index (χ3v) is 6.53. The molecule has 1 aliphatic rings. The highest BCUT2D eigenvalue weighted by Crippen LogP contribution is 2.37. The smallest absolute Gasteiger partial charge is 0.0702 e. The molecule has 1 aromatic rings. The van der Waals surface area contributed by atoms with Crippen LogP contribution in [-0.2, 0) is 0 Å². The van der Waals surface area contributed by atoms with Gasteiger partial charge in [0.05, 0.1) is 9.83 Å². The van der Waals surface area contributed by atoms with E-state index >= 15 is 0 Å². The largest absolute Gasteiger partial charge is 0.326 e. The molecule has 0 aromatic carbocycles. The maximum Gasteiger partial charge on any atom is 0.0702 e. The Labute approximate surface area is 133 Å². The summed E-state index contributed by atoms with van der Waals surface area (Å²) in [5.74, 6) is 0. The summed E-state index contributed by atoms with van der Waals surface area (Å²) in [6, 6.07) is 4.95. The van der Waals surface area contributed by atoms with Crippen LogP contribution in [0.2, 0.25) is 0 Å². The van der Waals surface area contributed by atoms with Gasteiger partial charge in [-0.2, -0.15) is 11.8 Å². The van der Waals surface area contributed by atoms with Gasteiger partial charge < -0.3 is 5.73 Å². The second kappa shape index (κ2) is 6.94. The molecule has 2 heterocycles. The van der Waals surface area contributed by atoms with Crippen LogP contribution in [0.1, 0.15) is 38.1 Å². The van der Waals surface area contributed by atoms with E-state index in [-0.39, 0.29) is 6.04 Å². The van der Waals surface area contributed by atoms with Crippen molar-refractivity contribution in [3.63, 3.8) is 0 Å². The van der Waals surface area contributed by atoms with Crippen LogP contribution >= 0.6 is 39.0 Å². The standard InChI is InChI=1S/C14H23BrN2S2/c1-4-11(16)14(12-5-6-13(15)19-12)17-7-9(2)18-10(3)8-17/h5-6,9-11,14H,4,7-8,16H2,1-3H3. The molecule has 2 N–H and O–H groups in total. The average molecular weight is 363 g/mol. The molecule has 0 aliphatic carbocycles. The predicted molar refractivity (Wildman–Crippen MR) is 91.1 cm³/mol. The van der Waals surface area contributed by atoms with Gasteiger partial charge in [0.1, 0.15) is 0 Å². The zero-order chi connectivity index (χ0) is 14.0. The molecule has 4 atom stereocenters. The number of hydrogen-bond acceptors (Lipinski definition) is 4. The Morgan fingerprint density at radius 2 is 2.00 bits per heavy atom. The number of thioether (sulfide) groups is 1. The Morgan fingerprint density at radius 1 is 1.37 bits per heavy atom. The Kier molecular flexibility index (Phi) is 5.78. The van der Waals surface area contributed by atoms with E-state index in [1.165, 1.54) is 8.66 Å². The van der Waals surface area contributed by atoms with Crippen molar-refractivity contribution < 1.29 is 0 Å². The molecule has 0 saturated carbocycles. The first kappa shape index (κ1) is 15.8. The van der Waals surface area contributed by atoms with E-state index in [2.05, 4.69) is 65.5 Å². The van der Waals surface area contributed by atoms with Gasteiger partial charge in [-0.3, -0.25) is 4.90 Å². The van der Waals surface area contributed by atoms with Crippen molar-refractivity contribution in [3.8, 4) is 0 Å². The van der Waals surface area contributed by atoms with Crippen LogP contribution in [0.15, 0.2) is 15.9 Å². The second-order valence-corrected chi connectivity index (χ2v) is 9.75. The highest BCUT2D eigenvalue weighted by molar-refractivity contribution is 9.11. The van der Waals surface area contributed by atoms with Crippen LogP contribution in [-0.4, -0.2) is 34.5 Å². The molecule has 2 rings (SSSR count). The van der Waals surface area contributed by atoms with Gasteiger partial charge in [0.25, 0.3) is 0 Å². The number of halogens is 1. The molecule has 1 aromatic heterocycles. The van der Waals surface area contributed by atoms with Crippen LogP contribution in [0.3, 0.4) is 0 Å². The highest BCUT2D eigenvalue weighted by atomic mass is 79.9. The van der Waals surface area contributed by atoms with E-state index in [1.54, 1.807) is 0 Å². The van der Waals surface area contributed by atoms with Crippen molar-refractivity contribution in [2.24, 2.45) is 5.73 Å². The molecular formula is C14H23BrN2S2. The topological polar surface area (TPSA) is 29.3 Å². The zero-order valence-corrected chi connectivity index (χ0v) is 15.0. The van der Waals surface area contributed by atoms with Crippen LogP contribution in [0.5, 0.6) is 0 Å².